The van der Waals surface area contributed by atoms with Crippen molar-refractivity contribution < 1.29 is 8.42 Å². The minimum absolute atomic E-state index is 0.108. The smallest absolute Gasteiger partial charge is 0.149 e. The first-order valence-corrected chi connectivity index (χ1v) is 9.02. The van der Waals surface area contributed by atoms with Gasteiger partial charge in [-0.1, -0.05) is 18.5 Å². The second kappa shape index (κ2) is 7.81. The molecule has 0 spiro atoms. The molecule has 0 unspecified atom stereocenters. The molecular weight excluding hydrogens is 298 g/mol. The summed E-state index contributed by atoms with van der Waals surface area (Å²) < 4.78 is 22.4. The predicted octanol–water partition coefficient (Wildman–Crippen LogP) is 1.72. The van der Waals surface area contributed by atoms with Crippen LogP contribution in [0.4, 0.5) is 5.82 Å². The zero-order valence-electron chi connectivity index (χ0n) is 12.2. The van der Waals surface area contributed by atoms with Gasteiger partial charge in [-0.15, -0.1) is 0 Å². The fraction of sp³-hybridized carbons (Fsp3) is 0.615. The van der Waals surface area contributed by atoms with Crippen LogP contribution in [0.2, 0.25) is 5.02 Å². The molecule has 0 atom stereocenters. The summed E-state index contributed by atoms with van der Waals surface area (Å²) in [5, 5.41) is 3.87. The summed E-state index contributed by atoms with van der Waals surface area (Å²) in [4.78, 5) is 6.30. The van der Waals surface area contributed by atoms with Crippen LogP contribution in [0.3, 0.4) is 0 Å². The lowest BCUT2D eigenvalue weighted by Crippen LogP contribution is -2.26. The van der Waals surface area contributed by atoms with Crippen molar-refractivity contribution in [2.24, 2.45) is 0 Å². The Morgan fingerprint density at radius 3 is 2.70 bits per heavy atom. The summed E-state index contributed by atoms with van der Waals surface area (Å²) in [6, 6.07) is 3.59. The molecule has 1 heterocycles. The highest BCUT2D eigenvalue weighted by atomic mass is 35.5. The monoisotopic (exact) mass is 319 g/mol. The van der Waals surface area contributed by atoms with Crippen LogP contribution in [0.15, 0.2) is 12.1 Å². The topological polar surface area (TPSA) is 62.3 Å². The van der Waals surface area contributed by atoms with E-state index < -0.39 is 9.84 Å². The van der Waals surface area contributed by atoms with Crippen LogP contribution in [0, 0.1) is 0 Å². The standard InChI is InChI=1S/C13H22ClN3O2S/c1-4-7-15-10-12-11(14)5-6-13(16-12)17(2)8-9-20(3,18)19/h5-6,15H,4,7-10H2,1-3H3. The fourth-order valence-electron chi connectivity index (χ4n) is 1.61. The first kappa shape index (κ1) is 17.2. The molecular formula is C13H22ClN3O2S. The minimum Gasteiger partial charge on any atom is -0.359 e. The first-order valence-electron chi connectivity index (χ1n) is 6.58. The van der Waals surface area contributed by atoms with E-state index >= 15 is 0 Å². The molecule has 0 fully saturated rings. The third-order valence-corrected chi connectivity index (χ3v) is 4.08. The summed E-state index contributed by atoms with van der Waals surface area (Å²) in [6.45, 7) is 4.03. The average molecular weight is 320 g/mol. The molecule has 1 N–H and O–H groups in total. The van der Waals surface area contributed by atoms with E-state index in [4.69, 9.17) is 11.6 Å². The maximum Gasteiger partial charge on any atom is 0.149 e. The van der Waals surface area contributed by atoms with Crippen LogP contribution < -0.4 is 10.2 Å². The van der Waals surface area contributed by atoms with Gasteiger partial charge in [0.1, 0.15) is 15.7 Å². The molecule has 7 heteroatoms. The fourth-order valence-corrected chi connectivity index (χ4v) is 2.39. The van der Waals surface area contributed by atoms with E-state index in [1.54, 1.807) is 12.1 Å². The Bertz CT molecular complexity index is 534. The summed E-state index contributed by atoms with van der Waals surface area (Å²) in [5.41, 5.74) is 0.781. The van der Waals surface area contributed by atoms with Gasteiger partial charge in [0, 0.05) is 26.4 Å². The van der Waals surface area contributed by atoms with E-state index in [1.165, 1.54) is 6.26 Å². The zero-order chi connectivity index (χ0) is 15.2. The van der Waals surface area contributed by atoms with E-state index in [1.807, 2.05) is 11.9 Å². The molecule has 1 rings (SSSR count). The highest BCUT2D eigenvalue weighted by molar-refractivity contribution is 7.90. The largest absolute Gasteiger partial charge is 0.359 e. The van der Waals surface area contributed by atoms with E-state index in [9.17, 15) is 8.42 Å². The van der Waals surface area contributed by atoms with Crippen LogP contribution >= 0.6 is 11.6 Å². The average Bonchev–Trinajstić information content (AvgIpc) is 2.37. The van der Waals surface area contributed by atoms with Crippen LogP contribution in [-0.4, -0.2) is 45.5 Å². The van der Waals surface area contributed by atoms with Gasteiger partial charge in [-0.05, 0) is 25.1 Å². The number of aromatic nitrogens is 1. The van der Waals surface area contributed by atoms with Gasteiger partial charge in [0.05, 0.1) is 16.5 Å². The highest BCUT2D eigenvalue weighted by Gasteiger charge is 2.10. The second-order valence-electron chi connectivity index (χ2n) is 4.83. The molecule has 0 saturated heterocycles. The van der Waals surface area contributed by atoms with Gasteiger partial charge >= 0.3 is 0 Å². The summed E-state index contributed by atoms with van der Waals surface area (Å²) in [7, 11) is -1.15. The molecule has 1 aromatic rings. The van der Waals surface area contributed by atoms with E-state index in [0.29, 0.717) is 18.1 Å². The highest BCUT2D eigenvalue weighted by Crippen LogP contribution is 2.18. The molecule has 0 saturated carbocycles. The Morgan fingerprint density at radius 2 is 2.10 bits per heavy atom. The van der Waals surface area contributed by atoms with Gasteiger partial charge in [-0.2, -0.15) is 0 Å². The van der Waals surface area contributed by atoms with Gasteiger partial charge in [0.2, 0.25) is 0 Å². The first-order chi connectivity index (χ1) is 9.33. The summed E-state index contributed by atoms with van der Waals surface area (Å²) >= 11 is 6.11. The lowest BCUT2D eigenvalue weighted by atomic mass is 10.3. The van der Waals surface area contributed by atoms with Crippen LogP contribution in [0.5, 0.6) is 0 Å². The molecule has 0 aliphatic rings. The van der Waals surface area contributed by atoms with Gasteiger partial charge in [0.25, 0.3) is 0 Å². The van der Waals surface area contributed by atoms with Gasteiger partial charge in [0.15, 0.2) is 0 Å². The maximum atomic E-state index is 11.2. The number of nitrogens with one attached hydrogen (secondary N) is 1. The number of halogens is 1. The normalized spacial score (nSPS) is 11.6. The zero-order valence-corrected chi connectivity index (χ0v) is 13.8. The maximum absolute atomic E-state index is 11.2. The molecule has 0 aliphatic heterocycles. The van der Waals surface area contributed by atoms with Gasteiger partial charge in [-0.25, -0.2) is 13.4 Å². The van der Waals surface area contributed by atoms with Crippen molar-refractivity contribution in [3.05, 3.63) is 22.8 Å². The van der Waals surface area contributed by atoms with E-state index in [2.05, 4.69) is 17.2 Å². The molecule has 0 amide bonds. The van der Waals surface area contributed by atoms with Crippen molar-refractivity contribution in [2.45, 2.75) is 19.9 Å². The number of hydrogen-bond donors (Lipinski definition) is 1. The van der Waals surface area contributed by atoms with Crippen molar-refractivity contribution in [2.75, 3.05) is 37.0 Å². The minimum atomic E-state index is -2.97. The SMILES string of the molecule is CCCNCc1nc(N(C)CCS(C)(=O)=O)ccc1Cl. The molecule has 0 bridgehead atoms. The van der Waals surface area contributed by atoms with Crippen molar-refractivity contribution in [1.82, 2.24) is 10.3 Å². The molecule has 114 valence electrons. The second-order valence-corrected chi connectivity index (χ2v) is 7.49. The van der Waals surface area contributed by atoms with E-state index in [0.717, 1.165) is 24.5 Å². The van der Waals surface area contributed by atoms with Crippen LogP contribution in [0.1, 0.15) is 19.0 Å². The Kier molecular flexibility index (Phi) is 6.71. The van der Waals surface area contributed by atoms with Crippen molar-refractivity contribution in [1.29, 1.82) is 0 Å². The summed E-state index contributed by atoms with van der Waals surface area (Å²) in [6.07, 6.45) is 2.28. The van der Waals surface area contributed by atoms with Crippen molar-refractivity contribution >= 4 is 27.3 Å². The number of rotatable bonds is 8. The van der Waals surface area contributed by atoms with Crippen LogP contribution in [-0.2, 0) is 16.4 Å². The number of nitrogens with zero attached hydrogens (tertiary/aromatic N) is 2. The van der Waals surface area contributed by atoms with E-state index in [-0.39, 0.29) is 5.75 Å². The lowest BCUT2D eigenvalue weighted by Gasteiger charge is -2.19. The molecule has 1 aromatic heterocycles. The Balaban J connectivity index is 2.72. The molecule has 0 radical (unpaired) electrons. The number of sulfone groups is 1. The third-order valence-electron chi connectivity index (χ3n) is 2.81. The Hall–Kier alpha value is -0.850. The lowest BCUT2D eigenvalue weighted by molar-refractivity contribution is 0.601. The Morgan fingerprint density at radius 1 is 1.40 bits per heavy atom. The Labute approximate surface area is 126 Å². The molecule has 5 nitrogen and oxygen atoms in total. The van der Waals surface area contributed by atoms with Crippen molar-refractivity contribution in [3.8, 4) is 0 Å². The predicted molar refractivity (Wildman–Crippen MR) is 84.2 cm³/mol. The van der Waals surface area contributed by atoms with Gasteiger partial charge in [-0.3, -0.25) is 0 Å². The van der Waals surface area contributed by atoms with Gasteiger partial charge < -0.3 is 10.2 Å². The number of anilines is 1. The molecule has 0 aromatic carbocycles. The molecule has 20 heavy (non-hydrogen) atoms. The number of hydrogen-bond acceptors (Lipinski definition) is 5. The molecule has 0 aliphatic carbocycles. The van der Waals surface area contributed by atoms with Crippen molar-refractivity contribution in [3.63, 3.8) is 0 Å². The quantitative estimate of drug-likeness (QED) is 0.739. The third kappa shape index (κ3) is 6.07. The summed E-state index contributed by atoms with van der Waals surface area (Å²) in [5.74, 6) is 0.836. The number of pyridine rings is 1. The van der Waals surface area contributed by atoms with Crippen LogP contribution in [0.25, 0.3) is 0 Å².